The van der Waals surface area contributed by atoms with E-state index in [4.69, 9.17) is 16.2 Å². The van der Waals surface area contributed by atoms with Crippen LogP contribution in [0.25, 0.3) is 0 Å². The van der Waals surface area contributed by atoms with Crippen LogP contribution in [0.4, 0.5) is 11.4 Å². The van der Waals surface area contributed by atoms with E-state index in [-0.39, 0.29) is 18.0 Å². The number of nitrogens with two attached hydrogens (primary N) is 2. The minimum Gasteiger partial charge on any atom is -0.497 e. The number of sulfonamides is 1. The zero-order chi connectivity index (χ0) is 21.9. The first kappa shape index (κ1) is 22.6. The molecule has 0 radical (unpaired) electrons. The van der Waals surface area contributed by atoms with Gasteiger partial charge >= 0.3 is 0 Å². The van der Waals surface area contributed by atoms with Crippen molar-refractivity contribution in [3.63, 3.8) is 0 Å². The Morgan fingerprint density at radius 2 is 1.37 bits per heavy atom. The van der Waals surface area contributed by atoms with E-state index in [2.05, 4.69) is 31.9 Å². The standard InChI is InChI=1S/C21H21Br2N3O3S/c1-29-18-5-9-21(23)15(11-18)13-26(12-14-10-17(25)4-8-20(14)22)30(27,28)19-6-2-16(24)3-7-19/h2-11H,12-13,24-25H2,1H3. The first-order chi connectivity index (χ1) is 14.2. The fourth-order valence-electron chi connectivity index (χ4n) is 2.91. The fourth-order valence-corrected chi connectivity index (χ4v) is 5.05. The molecule has 6 nitrogen and oxygen atoms in total. The van der Waals surface area contributed by atoms with E-state index in [1.54, 1.807) is 43.5 Å². The number of nitrogens with zero attached hydrogens (tertiary/aromatic N) is 1. The molecule has 0 aliphatic rings. The molecular weight excluding hydrogens is 534 g/mol. The van der Waals surface area contributed by atoms with Crippen molar-refractivity contribution in [3.05, 3.63) is 80.7 Å². The first-order valence-electron chi connectivity index (χ1n) is 8.92. The third-order valence-electron chi connectivity index (χ3n) is 4.53. The van der Waals surface area contributed by atoms with E-state index < -0.39 is 10.0 Å². The van der Waals surface area contributed by atoms with Crippen molar-refractivity contribution in [2.75, 3.05) is 18.6 Å². The monoisotopic (exact) mass is 553 g/mol. The highest BCUT2D eigenvalue weighted by atomic mass is 79.9. The Hall–Kier alpha value is -2.07. The van der Waals surface area contributed by atoms with Crippen LogP contribution in [0, 0.1) is 0 Å². The Bertz CT molecular complexity index is 1150. The van der Waals surface area contributed by atoms with Crippen LogP contribution in [0.5, 0.6) is 5.75 Å². The summed E-state index contributed by atoms with van der Waals surface area (Å²) in [7, 11) is -2.26. The van der Waals surface area contributed by atoms with Gasteiger partial charge in [0.25, 0.3) is 0 Å². The Kier molecular flexibility index (Phi) is 7.07. The molecule has 3 rings (SSSR count). The van der Waals surface area contributed by atoms with E-state index in [1.165, 1.54) is 16.4 Å². The van der Waals surface area contributed by atoms with Crippen molar-refractivity contribution in [3.8, 4) is 5.75 Å². The van der Waals surface area contributed by atoms with Crippen molar-refractivity contribution >= 4 is 53.3 Å². The summed E-state index contributed by atoms with van der Waals surface area (Å²) in [5.74, 6) is 0.642. The lowest BCUT2D eigenvalue weighted by molar-refractivity contribution is 0.394. The number of hydrogen-bond acceptors (Lipinski definition) is 5. The topological polar surface area (TPSA) is 98.6 Å². The van der Waals surface area contributed by atoms with E-state index >= 15 is 0 Å². The maximum atomic E-state index is 13.5. The van der Waals surface area contributed by atoms with Crippen LogP contribution in [0.15, 0.2) is 74.5 Å². The van der Waals surface area contributed by atoms with Crippen LogP contribution in [0.1, 0.15) is 11.1 Å². The number of nitrogen functional groups attached to an aromatic ring is 2. The molecule has 0 bridgehead atoms. The van der Waals surface area contributed by atoms with Crippen LogP contribution in [-0.4, -0.2) is 19.8 Å². The maximum Gasteiger partial charge on any atom is 0.243 e. The van der Waals surface area contributed by atoms with Gasteiger partial charge in [-0.3, -0.25) is 0 Å². The van der Waals surface area contributed by atoms with Crippen molar-refractivity contribution in [2.24, 2.45) is 0 Å². The van der Waals surface area contributed by atoms with Crippen molar-refractivity contribution in [2.45, 2.75) is 18.0 Å². The molecule has 0 amide bonds. The molecule has 9 heteroatoms. The summed E-state index contributed by atoms with van der Waals surface area (Å²) in [5.41, 5.74) is 14.2. The molecule has 3 aromatic rings. The molecule has 0 atom stereocenters. The molecule has 0 saturated heterocycles. The third kappa shape index (κ3) is 5.15. The lowest BCUT2D eigenvalue weighted by Crippen LogP contribution is -2.30. The Balaban J connectivity index is 2.06. The van der Waals surface area contributed by atoms with E-state index in [9.17, 15) is 8.42 Å². The molecule has 0 spiro atoms. The number of anilines is 2. The van der Waals surface area contributed by atoms with Gasteiger partial charge in [0.15, 0.2) is 0 Å². The zero-order valence-electron chi connectivity index (χ0n) is 16.2. The van der Waals surface area contributed by atoms with Gasteiger partial charge in [-0.25, -0.2) is 8.42 Å². The number of halogens is 2. The summed E-state index contributed by atoms with van der Waals surface area (Å²) in [4.78, 5) is 0.163. The number of benzene rings is 3. The average molecular weight is 555 g/mol. The van der Waals surface area contributed by atoms with Crippen molar-refractivity contribution < 1.29 is 13.2 Å². The molecule has 0 aliphatic heterocycles. The van der Waals surface area contributed by atoms with E-state index in [1.807, 2.05) is 12.1 Å². The number of ether oxygens (including phenoxy) is 1. The van der Waals surface area contributed by atoms with Gasteiger partial charge in [0.1, 0.15) is 5.75 Å². The van der Waals surface area contributed by atoms with Crippen molar-refractivity contribution in [1.82, 2.24) is 4.31 Å². The van der Waals surface area contributed by atoms with Gasteiger partial charge < -0.3 is 16.2 Å². The number of rotatable bonds is 7. The highest BCUT2D eigenvalue weighted by Crippen LogP contribution is 2.30. The highest BCUT2D eigenvalue weighted by molar-refractivity contribution is 9.10. The smallest absolute Gasteiger partial charge is 0.243 e. The zero-order valence-corrected chi connectivity index (χ0v) is 20.2. The summed E-state index contributed by atoms with van der Waals surface area (Å²) in [6.45, 7) is 0.258. The average Bonchev–Trinajstić information content (AvgIpc) is 2.72. The number of methoxy groups -OCH3 is 1. The minimum absolute atomic E-state index is 0.127. The molecule has 3 aromatic carbocycles. The summed E-state index contributed by atoms with van der Waals surface area (Å²) in [6.07, 6.45) is 0. The lowest BCUT2D eigenvalue weighted by Gasteiger charge is -2.24. The molecule has 0 unspecified atom stereocenters. The fraction of sp³-hybridized carbons (Fsp3) is 0.143. The molecule has 158 valence electrons. The minimum atomic E-state index is -3.83. The van der Waals surface area contributed by atoms with Gasteiger partial charge in [-0.15, -0.1) is 0 Å². The molecule has 4 N–H and O–H groups in total. The van der Waals surface area contributed by atoms with Gasteiger partial charge in [0.2, 0.25) is 10.0 Å². The SMILES string of the molecule is COc1ccc(Br)c(CN(Cc2cc(N)ccc2Br)S(=O)(=O)c2ccc(N)cc2)c1. The lowest BCUT2D eigenvalue weighted by atomic mass is 10.2. The quantitative estimate of drug-likeness (QED) is 0.410. The first-order valence-corrected chi connectivity index (χ1v) is 12.0. The molecule has 30 heavy (non-hydrogen) atoms. The molecule has 0 aliphatic carbocycles. The predicted octanol–water partition coefficient (Wildman–Crippen LogP) is 4.78. The molecule has 0 aromatic heterocycles. The highest BCUT2D eigenvalue weighted by Gasteiger charge is 2.26. The Morgan fingerprint density at radius 1 is 0.833 bits per heavy atom. The van der Waals surface area contributed by atoms with Crippen LogP contribution >= 0.6 is 31.9 Å². The van der Waals surface area contributed by atoms with Crippen molar-refractivity contribution in [1.29, 1.82) is 0 Å². The second kappa shape index (κ2) is 9.38. The number of hydrogen-bond donors (Lipinski definition) is 2. The molecule has 0 heterocycles. The molecular formula is C21H21Br2N3O3S. The molecule has 0 fully saturated rings. The summed E-state index contributed by atoms with van der Waals surface area (Å²) >= 11 is 7.00. The molecule has 0 saturated carbocycles. The van der Waals surface area contributed by atoms with Gasteiger partial charge in [-0.2, -0.15) is 4.31 Å². The van der Waals surface area contributed by atoms with Gasteiger partial charge in [0.05, 0.1) is 12.0 Å². The second-order valence-corrected chi connectivity index (χ2v) is 10.3. The van der Waals surface area contributed by atoms with Crippen LogP contribution in [0.3, 0.4) is 0 Å². The van der Waals surface area contributed by atoms with Crippen LogP contribution in [0.2, 0.25) is 0 Å². The van der Waals surface area contributed by atoms with Gasteiger partial charge in [0, 0.05) is 33.4 Å². The third-order valence-corrected chi connectivity index (χ3v) is 7.89. The maximum absolute atomic E-state index is 13.5. The van der Waals surface area contributed by atoms with Gasteiger partial charge in [-0.1, -0.05) is 31.9 Å². The second-order valence-electron chi connectivity index (χ2n) is 6.65. The Morgan fingerprint density at radius 3 is 1.97 bits per heavy atom. The normalized spacial score (nSPS) is 11.6. The van der Waals surface area contributed by atoms with Crippen LogP contribution < -0.4 is 16.2 Å². The van der Waals surface area contributed by atoms with Gasteiger partial charge in [-0.05, 0) is 71.8 Å². The van der Waals surface area contributed by atoms with E-state index in [0.717, 1.165) is 20.1 Å². The predicted molar refractivity (Wildman–Crippen MR) is 127 cm³/mol. The van der Waals surface area contributed by atoms with E-state index in [0.29, 0.717) is 17.1 Å². The summed E-state index contributed by atoms with van der Waals surface area (Å²) < 4.78 is 35.3. The summed E-state index contributed by atoms with van der Waals surface area (Å²) in [6, 6.07) is 16.9. The Labute approximate surface area is 193 Å². The van der Waals surface area contributed by atoms with Crippen LogP contribution in [-0.2, 0) is 23.1 Å². The largest absolute Gasteiger partial charge is 0.497 e. The summed E-state index contributed by atoms with van der Waals surface area (Å²) in [5, 5.41) is 0.